The number of nitrogens with two attached hydrogens (primary N) is 2. The first-order valence-electron chi connectivity index (χ1n) is 8.36. The molecule has 10 heteroatoms. The lowest BCUT2D eigenvalue weighted by atomic mass is 9.87. The second-order valence-corrected chi connectivity index (χ2v) is 6.58. The summed E-state index contributed by atoms with van der Waals surface area (Å²) in [6.07, 6.45) is -0.278. The fourth-order valence-electron chi connectivity index (χ4n) is 3.80. The molecular formula is C16H18F3N7. The van der Waals surface area contributed by atoms with Gasteiger partial charge in [0.25, 0.3) is 0 Å². The van der Waals surface area contributed by atoms with Crippen LogP contribution in [-0.4, -0.2) is 27.5 Å². The zero-order valence-corrected chi connectivity index (χ0v) is 13.8. The summed E-state index contributed by atoms with van der Waals surface area (Å²) < 4.78 is 39.2. The molecule has 0 atom stereocenters. The number of anilines is 1. The van der Waals surface area contributed by atoms with E-state index >= 15 is 0 Å². The van der Waals surface area contributed by atoms with E-state index in [0.717, 1.165) is 19.3 Å². The Bertz CT molecular complexity index is 906. The quantitative estimate of drug-likeness (QED) is 0.722. The van der Waals surface area contributed by atoms with Gasteiger partial charge < -0.3 is 16.5 Å². The zero-order valence-electron chi connectivity index (χ0n) is 13.8. The van der Waals surface area contributed by atoms with E-state index in [0.29, 0.717) is 18.5 Å². The lowest BCUT2D eigenvalue weighted by Crippen LogP contribution is -2.58. The van der Waals surface area contributed by atoms with Crippen molar-refractivity contribution in [2.45, 2.75) is 43.9 Å². The third kappa shape index (κ3) is 2.56. The Kier molecular flexibility index (Phi) is 3.60. The molecule has 1 fully saturated rings. The Hall–Kier alpha value is -2.78. The minimum Gasteiger partial charge on any atom is -0.369 e. The molecule has 2 aliphatic rings. The van der Waals surface area contributed by atoms with Gasteiger partial charge in [0, 0.05) is 0 Å². The maximum absolute atomic E-state index is 13.1. The summed E-state index contributed by atoms with van der Waals surface area (Å²) >= 11 is 0. The minimum absolute atomic E-state index is 0.0887. The first kappa shape index (κ1) is 16.7. The summed E-state index contributed by atoms with van der Waals surface area (Å²) in [5.74, 6) is -0.845. The SMILES string of the molecule is NC1=NC2(CCCCC2)N(c2cccc3[nH]c(C(F)(F)F)nc23)C(N)=N1. The van der Waals surface area contributed by atoms with Crippen molar-refractivity contribution >= 4 is 28.6 Å². The molecule has 1 saturated carbocycles. The van der Waals surface area contributed by atoms with Gasteiger partial charge in [0.05, 0.1) is 11.2 Å². The topological polar surface area (TPSA) is 109 Å². The highest BCUT2D eigenvalue weighted by molar-refractivity contribution is 6.09. The summed E-state index contributed by atoms with van der Waals surface area (Å²) in [4.78, 5) is 16.4. The molecule has 2 heterocycles. The van der Waals surface area contributed by atoms with Crippen LogP contribution in [0.15, 0.2) is 28.2 Å². The molecule has 1 aliphatic heterocycles. The van der Waals surface area contributed by atoms with E-state index in [-0.39, 0.29) is 23.0 Å². The smallest absolute Gasteiger partial charge is 0.369 e. The third-order valence-electron chi connectivity index (χ3n) is 4.85. The van der Waals surface area contributed by atoms with Gasteiger partial charge in [-0.25, -0.2) is 9.98 Å². The van der Waals surface area contributed by atoms with Crippen molar-refractivity contribution in [2.75, 3.05) is 4.90 Å². The average molecular weight is 365 g/mol. The van der Waals surface area contributed by atoms with E-state index in [4.69, 9.17) is 11.5 Å². The van der Waals surface area contributed by atoms with Gasteiger partial charge in [-0.1, -0.05) is 12.5 Å². The second-order valence-electron chi connectivity index (χ2n) is 6.58. The number of imidazole rings is 1. The first-order chi connectivity index (χ1) is 12.3. The van der Waals surface area contributed by atoms with Crippen LogP contribution in [0.1, 0.15) is 37.9 Å². The molecule has 1 spiro atoms. The largest absolute Gasteiger partial charge is 0.449 e. The van der Waals surface area contributed by atoms with E-state index in [1.807, 2.05) is 0 Å². The lowest BCUT2D eigenvalue weighted by molar-refractivity contribution is -0.144. The maximum Gasteiger partial charge on any atom is 0.449 e. The molecule has 7 nitrogen and oxygen atoms in total. The minimum atomic E-state index is -4.57. The molecule has 1 aromatic heterocycles. The fourth-order valence-corrected chi connectivity index (χ4v) is 3.80. The summed E-state index contributed by atoms with van der Waals surface area (Å²) in [6.45, 7) is 0. The maximum atomic E-state index is 13.1. The highest BCUT2D eigenvalue weighted by atomic mass is 19.4. The van der Waals surface area contributed by atoms with Crippen LogP contribution in [-0.2, 0) is 6.18 Å². The van der Waals surface area contributed by atoms with E-state index in [2.05, 4.69) is 20.0 Å². The van der Waals surface area contributed by atoms with Crippen LogP contribution in [0.2, 0.25) is 0 Å². The van der Waals surface area contributed by atoms with E-state index in [1.165, 1.54) is 0 Å². The van der Waals surface area contributed by atoms with Gasteiger partial charge in [-0.05, 0) is 37.8 Å². The van der Waals surface area contributed by atoms with Gasteiger partial charge in [0.15, 0.2) is 0 Å². The van der Waals surface area contributed by atoms with Crippen LogP contribution >= 0.6 is 0 Å². The number of halogens is 3. The van der Waals surface area contributed by atoms with Crippen molar-refractivity contribution in [3.63, 3.8) is 0 Å². The van der Waals surface area contributed by atoms with Crippen LogP contribution < -0.4 is 16.4 Å². The van der Waals surface area contributed by atoms with Gasteiger partial charge in [0.2, 0.25) is 17.7 Å². The Labute approximate surface area is 147 Å². The van der Waals surface area contributed by atoms with Crippen molar-refractivity contribution in [3.05, 3.63) is 24.0 Å². The van der Waals surface area contributed by atoms with Crippen LogP contribution in [0, 0.1) is 0 Å². The van der Waals surface area contributed by atoms with Crippen molar-refractivity contribution in [1.82, 2.24) is 9.97 Å². The normalized spacial score (nSPS) is 20.3. The number of guanidine groups is 2. The average Bonchev–Trinajstić information content (AvgIpc) is 3.00. The van der Waals surface area contributed by atoms with Crippen molar-refractivity contribution in [1.29, 1.82) is 0 Å². The monoisotopic (exact) mass is 365 g/mol. The van der Waals surface area contributed by atoms with Crippen LogP contribution in [0.25, 0.3) is 11.0 Å². The van der Waals surface area contributed by atoms with E-state index < -0.39 is 17.7 Å². The number of para-hydroxylation sites is 1. The fraction of sp³-hybridized carbons (Fsp3) is 0.438. The highest BCUT2D eigenvalue weighted by Crippen LogP contribution is 2.41. The number of aromatic nitrogens is 2. The Morgan fingerprint density at radius 1 is 1.12 bits per heavy atom. The molecule has 0 unspecified atom stereocenters. The number of aliphatic imine (C=N–C) groups is 2. The number of benzene rings is 1. The number of fused-ring (bicyclic) bond motifs is 1. The number of aromatic amines is 1. The van der Waals surface area contributed by atoms with Crippen LogP contribution in [0.4, 0.5) is 18.9 Å². The summed E-state index contributed by atoms with van der Waals surface area (Å²) in [6, 6.07) is 4.88. The molecule has 4 rings (SSSR count). The molecule has 138 valence electrons. The summed E-state index contributed by atoms with van der Waals surface area (Å²) in [5, 5.41) is 0. The first-order valence-corrected chi connectivity index (χ1v) is 8.36. The number of hydrogen-bond acceptors (Lipinski definition) is 6. The van der Waals surface area contributed by atoms with Gasteiger partial charge in [-0.3, -0.25) is 4.90 Å². The van der Waals surface area contributed by atoms with Gasteiger partial charge in [0.1, 0.15) is 11.2 Å². The van der Waals surface area contributed by atoms with Crippen molar-refractivity contribution in [3.8, 4) is 0 Å². The molecule has 1 aliphatic carbocycles. The molecule has 0 bridgehead atoms. The predicted octanol–water partition coefficient (Wildman–Crippen LogP) is 2.69. The van der Waals surface area contributed by atoms with E-state index in [9.17, 15) is 13.2 Å². The molecule has 0 amide bonds. The third-order valence-corrected chi connectivity index (χ3v) is 4.85. The van der Waals surface area contributed by atoms with Gasteiger partial charge in [-0.2, -0.15) is 18.2 Å². The Morgan fingerprint density at radius 3 is 2.54 bits per heavy atom. The summed E-state index contributed by atoms with van der Waals surface area (Å²) in [5.41, 5.74) is 12.1. The predicted molar refractivity (Wildman–Crippen MR) is 92.6 cm³/mol. The molecule has 1 aromatic carbocycles. The van der Waals surface area contributed by atoms with Crippen molar-refractivity contribution in [2.24, 2.45) is 21.5 Å². The molecule has 5 N–H and O–H groups in total. The summed E-state index contributed by atoms with van der Waals surface area (Å²) in [7, 11) is 0. The second kappa shape index (κ2) is 5.61. The number of H-pyrrole nitrogens is 1. The number of nitrogens with zero attached hydrogens (tertiary/aromatic N) is 4. The number of hydrogen-bond donors (Lipinski definition) is 3. The molecule has 0 radical (unpaired) electrons. The molecule has 26 heavy (non-hydrogen) atoms. The number of alkyl halides is 3. The van der Waals surface area contributed by atoms with Gasteiger partial charge >= 0.3 is 6.18 Å². The standard InChI is InChI=1S/C16H18F3N7/c17-16(18,19)12-22-9-5-4-6-10(11(9)23-12)26-14(21)24-13(20)25-15(26)7-2-1-3-8-15/h4-6H,1-3,7-8H2,(H,22,23)(H4,20,21,24,25). The molecular weight excluding hydrogens is 347 g/mol. The van der Waals surface area contributed by atoms with Crippen molar-refractivity contribution < 1.29 is 13.2 Å². The molecule has 0 saturated heterocycles. The van der Waals surface area contributed by atoms with Gasteiger partial charge in [-0.15, -0.1) is 0 Å². The number of nitrogens with one attached hydrogen (secondary N) is 1. The Balaban J connectivity index is 1.90. The van der Waals surface area contributed by atoms with Crippen LogP contribution in [0.3, 0.4) is 0 Å². The lowest BCUT2D eigenvalue weighted by Gasteiger charge is -2.45. The zero-order chi connectivity index (χ0) is 18.5. The highest BCUT2D eigenvalue weighted by Gasteiger charge is 2.44. The number of rotatable bonds is 1. The Morgan fingerprint density at radius 2 is 1.85 bits per heavy atom. The van der Waals surface area contributed by atoms with Crippen LogP contribution in [0.5, 0.6) is 0 Å². The molecule has 2 aromatic rings. The van der Waals surface area contributed by atoms with E-state index in [1.54, 1.807) is 23.1 Å².